The van der Waals surface area contributed by atoms with Gasteiger partial charge < -0.3 is 4.74 Å². The fourth-order valence-electron chi connectivity index (χ4n) is 0.916. The van der Waals surface area contributed by atoms with Crippen LogP contribution in [-0.2, 0) is 4.74 Å². The van der Waals surface area contributed by atoms with Crippen molar-refractivity contribution in [3.05, 3.63) is 0 Å². The summed E-state index contributed by atoms with van der Waals surface area (Å²) in [6, 6.07) is 2.83. The molecule has 0 spiro atoms. The lowest BCUT2D eigenvalue weighted by atomic mass is 10.3. The molecule has 0 bridgehead atoms. The Morgan fingerprint density at radius 2 is 1.92 bits per heavy atom. The van der Waals surface area contributed by atoms with Crippen LogP contribution in [0, 0.1) is 11.3 Å². The maximum atomic E-state index is 8.50. The summed E-state index contributed by atoms with van der Waals surface area (Å²) in [6.45, 7) is 8.68. The minimum absolute atomic E-state index is 0.312. The fourth-order valence-corrected chi connectivity index (χ4v) is 1.00. The minimum atomic E-state index is -0.312. The lowest BCUT2D eigenvalue weighted by Crippen LogP contribution is -2.34. The Balaban J connectivity index is 3.75. The second kappa shape index (κ2) is 6.32. The summed E-state index contributed by atoms with van der Waals surface area (Å²) in [5, 5.41) is 8.50. The summed E-state index contributed by atoms with van der Waals surface area (Å²) in [6.07, 6.45) is -0.312. The first kappa shape index (κ1) is 12.8. The van der Waals surface area contributed by atoms with Gasteiger partial charge >= 0.3 is 0 Å². The van der Waals surface area contributed by atoms with E-state index < -0.39 is 0 Å². The summed E-state index contributed by atoms with van der Waals surface area (Å²) < 4.78 is 7.45. The van der Waals surface area contributed by atoms with Crippen LogP contribution in [0.1, 0.15) is 27.7 Å². The molecule has 0 fully saturated rings. The van der Waals surface area contributed by atoms with Crippen LogP contribution in [0.2, 0.25) is 0 Å². The summed E-state index contributed by atoms with van der Waals surface area (Å²) >= 11 is 0. The first-order chi connectivity index (χ1) is 5.99. The molecule has 3 unspecified atom stereocenters. The Labute approximate surface area is 83.3 Å². The van der Waals surface area contributed by atoms with Gasteiger partial charge in [0.05, 0.1) is 12.7 Å². The quantitative estimate of drug-likeness (QED) is 0.638. The lowest BCUT2D eigenvalue weighted by molar-refractivity contribution is 0.0654. The predicted molar refractivity (Wildman–Crippen MR) is 57.2 cm³/mol. The number of nitriles is 1. The summed E-state index contributed by atoms with van der Waals surface area (Å²) in [5.41, 5.74) is 0. The van der Waals surface area contributed by atoms with E-state index in [1.807, 2.05) is 6.07 Å². The van der Waals surface area contributed by atoms with Crippen molar-refractivity contribution in [1.82, 2.24) is 4.67 Å². The van der Waals surface area contributed by atoms with Crippen LogP contribution >= 0.6 is 9.39 Å². The van der Waals surface area contributed by atoms with Crippen molar-refractivity contribution in [2.75, 3.05) is 6.61 Å². The molecule has 4 heteroatoms. The van der Waals surface area contributed by atoms with E-state index in [1.54, 1.807) is 6.92 Å². The average molecular weight is 202 g/mol. The van der Waals surface area contributed by atoms with Crippen molar-refractivity contribution in [2.24, 2.45) is 0 Å². The van der Waals surface area contributed by atoms with Crippen LogP contribution in [0.3, 0.4) is 0 Å². The molecule has 0 heterocycles. The van der Waals surface area contributed by atoms with Crippen LogP contribution in [0.5, 0.6) is 0 Å². The smallest absolute Gasteiger partial charge is 0.141 e. The molecule has 13 heavy (non-hydrogen) atoms. The van der Waals surface area contributed by atoms with E-state index in [0.29, 0.717) is 18.7 Å². The zero-order valence-corrected chi connectivity index (χ0v) is 9.97. The van der Waals surface area contributed by atoms with E-state index in [-0.39, 0.29) is 6.10 Å². The molecular weight excluding hydrogens is 183 g/mol. The first-order valence-corrected chi connectivity index (χ1v) is 5.05. The maximum absolute atomic E-state index is 8.50. The highest BCUT2D eigenvalue weighted by atomic mass is 31.0. The summed E-state index contributed by atoms with van der Waals surface area (Å²) in [7, 11) is 2.68. The van der Waals surface area contributed by atoms with Crippen LogP contribution in [0.4, 0.5) is 0 Å². The van der Waals surface area contributed by atoms with Crippen molar-refractivity contribution in [2.45, 2.75) is 45.9 Å². The molecule has 3 atom stereocenters. The number of ether oxygens (including phenoxy) is 1. The molecule has 0 amide bonds. The molecule has 0 aliphatic rings. The van der Waals surface area contributed by atoms with Crippen LogP contribution < -0.4 is 0 Å². The van der Waals surface area contributed by atoms with Crippen molar-refractivity contribution in [1.29, 1.82) is 5.26 Å². The van der Waals surface area contributed by atoms with E-state index in [0.717, 1.165) is 0 Å². The topological polar surface area (TPSA) is 36.3 Å². The van der Waals surface area contributed by atoms with Crippen molar-refractivity contribution in [3.63, 3.8) is 0 Å². The Hall–Kier alpha value is -0.160. The van der Waals surface area contributed by atoms with Crippen LogP contribution in [0.25, 0.3) is 0 Å². The van der Waals surface area contributed by atoms with Gasteiger partial charge in [0.25, 0.3) is 0 Å². The second-order valence-electron chi connectivity index (χ2n) is 3.49. The number of hydrogen-bond acceptors (Lipinski definition) is 3. The normalized spacial score (nSPS) is 15.8. The first-order valence-electron chi connectivity index (χ1n) is 4.53. The summed E-state index contributed by atoms with van der Waals surface area (Å²) in [5.74, 6) is 0. The molecule has 0 aromatic carbocycles. The molecule has 0 saturated heterocycles. The van der Waals surface area contributed by atoms with Gasteiger partial charge in [-0.2, -0.15) is 5.26 Å². The van der Waals surface area contributed by atoms with Gasteiger partial charge in [-0.3, -0.25) is 4.67 Å². The Kier molecular flexibility index (Phi) is 6.24. The second-order valence-corrected chi connectivity index (χ2v) is 4.09. The highest BCUT2D eigenvalue weighted by Gasteiger charge is 2.13. The van der Waals surface area contributed by atoms with E-state index >= 15 is 0 Å². The molecule has 0 radical (unpaired) electrons. The van der Waals surface area contributed by atoms with Gasteiger partial charge in [0.15, 0.2) is 0 Å². The predicted octanol–water partition coefficient (Wildman–Crippen LogP) is 1.80. The van der Waals surface area contributed by atoms with Crippen molar-refractivity contribution < 1.29 is 4.74 Å². The average Bonchev–Trinajstić information content (AvgIpc) is 2.11. The van der Waals surface area contributed by atoms with Crippen molar-refractivity contribution >= 4 is 9.39 Å². The molecule has 0 N–H and O–H groups in total. The molecule has 0 aromatic rings. The zero-order valence-electron chi connectivity index (χ0n) is 8.82. The van der Waals surface area contributed by atoms with E-state index in [2.05, 4.69) is 34.8 Å². The Morgan fingerprint density at radius 3 is 2.31 bits per heavy atom. The van der Waals surface area contributed by atoms with Crippen LogP contribution in [0.15, 0.2) is 0 Å². The third kappa shape index (κ3) is 5.21. The molecule has 0 aromatic heterocycles. The third-order valence-electron chi connectivity index (χ3n) is 1.87. The fraction of sp³-hybridized carbons (Fsp3) is 0.889. The van der Waals surface area contributed by atoms with Gasteiger partial charge in [0.2, 0.25) is 0 Å². The van der Waals surface area contributed by atoms with Gasteiger partial charge in [-0.15, -0.1) is 0 Å². The molecule has 0 rings (SSSR count). The van der Waals surface area contributed by atoms with Crippen molar-refractivity contribution in [3.8, 4) is 6.07 Å². The summed E-state index contributed by atoms with van der Waals surface area (Å²) in [4.78, 5) is 0. The van der Waals surface area contributed by atoms with Gasteiger partial charge in [-0.1, -0.05) is 9.39 Å². The van der Waals surface area contributed by atoms with Gasteiger partial charge in [0.1, 0.15) is 6.10 Å². The minimum Gasteiger partial charge on any atom is -0.362 e. The van der Waals surface area contributed by atoms with Crippen LogP contribution in [-0.4, -0.2) is 29.5 Å². The molecule has 0 aliphatic heterocycles. The van der Waals surface area contributed by atoms with Gasteiger partial charge in [-0.05, 0) is 27.7 Å². The lowest BCUT2D eigenvalue weighted by Gasteiger charge is -2.28. The maximum Gasteiger partial charge on any atom is 0.141 e. The van der Waals surface area contributed by atoms with Gasteiger partial charge in [-0.25, -0.2) is 0 Å². The van der Waals surface area contributed by atoms with Gasteiger partial charge in [0, 0.05) is 12.1 Å². The highest BCUT2D eigenvalue weighted by molar-refractivity contribution is 7.13. The number of rotatable bonds is 5. The molecule has 76 valence electrons. The molecular formula is C9H19N2OP. The third-order valence-corrected chi connectivity index (χ3v) is 2.98. The largest absolute Gasteiger partial charge is 0.362 e. The Bertz CT molecular complexity index is 179. The Morgan fingerprint density at radius 1 is 1.38 bits per heavy atom. The van der Waals surface area contributed by atoms with E-state index in [1.165, 1.54) is 0 Å². The number of nitrogens with zero attached hydrogens (tertiary/aromatic N) is 2. The number of hydrogen-bond donors (Lipinski definition) is 0. The zero-order chi connectivity index (χ0) is 10.4. The monoisotopic (exact) mass is 202 g/mol. The molecule has 3 nitrogen and oxygen atoms in total. The van der Waals surface area contributed by atoms with E-state index in [9.17, 15) is 0 Å². The highest BCUT2D eigenvalue weighted by Crippen LogP contribution is 2.11. The SMILES string of the molecule is CC(C#N)OCC(C)N(P)C(C)C. The molecule has 0 saturated carbocycles. The van der Waals surface area contributed by atoms with E-state index in [4.69, 9.17) is 10.00 Å². The standard InChI is InChI=1S/C9H19N2OP/c1-7(2)11(13)8(3)6-12-9(4)5-10/h7-9H,6,13H2,1-4H3. The molecule has 0 aliphatic carbocycles.